The number of carbonyl (C=O) groups excluding carboxylic acids is 1. The second-order valence-corrected chi connectivity index (χ2v) is 6.48. The van der Waals surface area contributed by atoms with Crippen molar-refractivity contribution in [1.29, 1.82) is 0 Å². The van der Waals surface area contributed by atoms with Crippen molar-refractivity contribution in [3.8, 4) is 0 Å². The van der Waals surface area contributed by atoms with Gasteiger partial charge < -0.3 is 9.84 Å². The first kappa shape index (κ1) is 16.6. The summed E-state index contributed by atoms with van der Waals surface area (Å²) in [5.41, 5.74) is 0.0747. The lowest BCUT2D eigenvalue weighted by atomic mass is 9.91. The highest BCUT2D eigenvalue weighted by Gasteiger charge is 2.52. The van der Waals surface area contributed by atoms with Crippen molar-refractivity contribution in [3.05, 3.63) is 33.8 Å². The molecule has 0 saturated carbocycles. The topological polar surface area (TPSA) is 49.8 Å². The Bertz CT molecular complexity index is 552. The van der Waals surface area contributed by atoms with Crippen LogP contribution in [0.2, 0.25) is 10.0 Å². The molecule has 1 aliphatic rings. The number of esters is 1. The van der Waals surface area contributed by atoms with E-state index in [2.05, 4.69) is 0 Å². The van der Waals surface area contributed by atoms with Crippen LogP contribution in [0.3, 0.4) is 0 Å². The number of hydrogen-bond acceptors (Lipinski definition) is 4. The molecule has 1 aromatic rings. The van der Waals surface area contributed by atoms with Crippen LogP contribution < -0.4 is 0 Å². The molecule has 4 nitrogen and oxygen atoms in total. The maximum Gasteiger partial charge on any atom is 0.326 e. The van der Waals surface area contributed by atoms with E-state index in [0.717, 1.165) is 5.56 Å². The van der Waals surface area contributed by atoms with Gasteiger partial charge in [-0.1, -0.05) is 29.3 Å². The number of likely N-dealkylation sites (N-methyl/N-ethyl adjacent to an activating group) is 1. The molecule has 6 heteroatoms. The van der Waals surface area contributed by atoms with Gasteiger partial charge in [-0.25, -0.2) is 0 Å². The maximum atomic E-state index is 12.1. The SMILES string of the molecule is COC(=O)[C@]1(C)C[C@H](CO)[C@H](c2ccc(Cl)cc2Cl)N1C. The van der Waals surface area contributed by atoms with E-state index in [0.29, 0.717) is 16.5 Å². The molecule has 1 aliphatic heterocycles. The predicted molar refractivity (Wildman–Crippen MR) is 82.6 cm³/mol. The standard InChI is InChI=1S/C15H19Cl2NO3/c1-15(14(20)21-3)7-9(8-19)13(18(15)2)11-5-4-10(16)6-12(11)17/h4-6,9,13,19H,7-8H2,1-3H3/t9-,13-,15+/m1/s1. The highest BCUT2D eigenvalue weighted by atomic mass is 35.5. The molecule has 1 fully saturated rings. The molecule has 21 heavy (non-hydrogen) atoms. The first-order valence-electron chi connectivity index (χ1n) is 6.72. The molecule has 1 saturated heterocycles. The molecule has 1 aromatic carbocycles. The summed E-state index contributed by atoms with van der Waals surface area (Å²) < 4.78 is 4.92. The van der Waals surface area contributed by atoms with Gasteiger partial charge >= 0.3 is 5.97 Å². The van der Waals surface area contributed by atoms with Gasteiger partial charge in [0, 0.05) is 28.6 Å². The monoisotopic (exact) mass is 331 g/mol. The zero-order valence-corrected chi connectivity index (χ0v) is 13.8. The summed E-state index contributed by atoms with van der Waals surface area (Å²) in [5.74, 6) is -0.409. The lowest BCUT2D eigenvalue weighted by Crippen LogP contribution is -2.47. The minimum Gasteiger partial charge on any atom is -0.468 e. The zero-order valence-electron chi connectivity index (χ0n) is 12.3. The smallest absolute Gasteiger partial charge is 0.326 e. The molecular formula is C15H19Cl2NO3. The number of likely N-dealkylation sites (tertiary alicyclic amines) is 1. The van der Waals surface area contributed by atoms with Gasteiger partial charge in [-0.05, 0) is 38.1 Å². The van der Waals surface area contributed by atoms with Crippen LogP contribution in [-0.2, 0) is 9.53 Å². The molecular weight excluding hydrogens is 313 g/mol. The first-order chi connectivity index (χ1) is 9.85. The number of carbonyl (C=O) groups is 1. The van der Waals surface area contributed by atoms with Crippen LogP contribution in [0, 0.1) is 5.92 Å². The van der Waals surface area contributed by atoms with E-state index in [1.165, 1.54) is 7.11 Å². The van der Waals surface area contributed by atoms with Crippen LogP contribution in [0.4, 0.5) is 0 Å². The van der Waals surface area contributed by atoms with E-state index in [1.54, 1.807) is 12.1 Å². The van der Waals surface area contributed by atoms with Crippen LogP contribution in [0.25, 0.3) is 0 Å². The molecule has 2 rings (SSSR count). The van der Waals surface area contributed by atoms with Gasteiger partial charge in [-0.15, -0.1) is 0 Å². The minimum absolute atomic E-state index is 0.0272. The van der Waals surface area contributed by atoms with Crippen LogP contribution in [0.15, 0.2) is 18.2 Å². The Morgan fingerprint density at radius 2 is 2.19 bits per heavy atom. The summed E-state index contributed by atoms with van der Waals surface area (Å²) in [6.45, 7) is 1.80. The Kier molecular flexibility index (Phi) is 4.83. The summed E-state index contributed by atoms with van der Waals surface area (Å²) in [6, 6.07) is 5.12. The van der Waals surface area contributed by atoms with Crippen molar-refractivity contribution in [2.75, 3.05) is 20.8 Å². The van der Waals surface area contributed by atoms with Crippen LogP contribution in [0.1, 0.15) is 24.9 Å². The number of rotatable bonds is 3. The number of nitrogens with zero attached hydrogens (tertiary/aromatic N) is 1. The molecule has 3 atom stereocenters. The molecule has 0 amide bonds. The average Bonchev–Trinajstić information content (AvgIpc) is 2.71. The Morgan fingerprint density at radius 1 is 1.52 bits per heavy atom. The lowest BCUT2D eigenvalue weighted by molar-refractivity contribution is -0.152. The number of halogens is 2. The van der Waals surface area contributed by atoms with Gasteiger partial charge in [-0.3, -0.25) is 9.69 Å². The molecule has 0 radical (unpaired) electrons. The Morgan fingerprint density at radius 3 is 2.71 bits per heavy atom. The fourth-order valence-corrected chi connectivity index (χ4v) is 3.73. The van der Waals surface area contributed by atoms with Crippen molar-refractivity contribution in [2.24, 2.45) is 5.92 Å². The van der Waals surface area contributed by atoms with Crippen molar-refractivity contribution in [3.63, 3.8) is 0 Å². The number of benzene rings is 1. The van der Waals surface area contributed by atoms with Gasteiger partial charge in [-0.2, -0.15) is 0 Å². The second kappa shape index (κ2) is 6.13. The summed E-state index contributed by atoms with van der Waals surface area (Å²) in [6.07, 6.45) is 0.510. The Hall–Kier alpha value is -0.810. The average molecular weight is 332 g/mol. The number of aliphatic hydroxyl groups excluding tert-OH is 1. The minimum atomic E-state index is -0.782. The summed E-state index contributed by atoms with van der Waals surface area (Å²) in [7, 11) is 3.22. The first-order valence-corrected chi connectivity index (χ1v) is 7.48. The summed E-state index contributed by atoms with van der Waals surface area (Å²) in [4.78, 5) is 14.0. The highest BCUT2D eigenvalue weighted by molar-refractivity contribution is 6.35. The fraction of sp³-hybridized carbons (Fsp3) is 0.533. The zero-order chi connectivity index (χ0) is 15.8. The summed E-state index contributed by atoms with van der Waals surface area (Å²) >= 11 is 12.2. The summed E-state index contributed by atoms with van der Waals surface area (Å²) in [5, 5.41) is 10.8. The predicted octanol–water partition coefficient (Wildman–Crippen LogP) is 2.91. The molecule has 0 aliphatic carbocycles. The van der Waals surface area contributed by atoms with Gasteiger partial charge in [0.1, 0.15) is 5.54 Å². The quantitative estimate of drug-likeness (QED) is 0.865. The molecule has 0 spiro atoms. The fourth-order valence-electron chi connectivity index (χ4n) is 3.20. The van der Waals surface area contributed by atoms with Crippen LogP contribution >= 0.6 is 23.2 Å². The molecule has 1 heterocycles. The largest absolute Gasteiger partial charge is 0.468 e. The van der Waals surface area contributed by atoms with Crippen LogP contribution in [0.5, 0.6) is 0 Å². The molecule has 0 aromatic heterocycles. The number of methoxy groups -OCH3 is 1. The second-order valence-electron chi connectivity index (χ2n) is 5.63. The van der Waals surface area contributed by atoms with Gasteiger partial charge in [0.05, 0.1) is 7.11 Å². The van der Waals surface area contributed by atoms with Gasteiger partial charge in [0.2, 0.25) is 0 Å². The van der Waals surface area contributed by atoms with Crippen LogP contribution in [-0.4, -0.2) is 42.3 Å². The molecule has 116 valence electrons. The van der Waals surface area contributed by atoms with E-state index in [1.807, 2.05) is 24.9 Å². The normalized spacial score (nSPS) is 29.6. The Labute approximate surface area is 134 Å². The van der Waals surface area contributed by atoms with Gasteiger partial charge in [0.15, 0.2) is 0 Å². The lowest BCUT2D eigenvalue weighted by Gasteiger charge is -2.33. The third-order valence-electron chi connectivity index (χ3n) is 4.44. The maximum absolute atomic E-state index is 12.1. The molecule has 1 N–H and O–H groups in total. The Balaban J connectivity index is 2.44. The van der Waals surface area contributed by atoms with Crippen molar-refractivity contribution >= 4 is 29.2 Å². The van der Waals surface area contributed by atoms with Gasteiger partial charge in [0.25, 0.3) is 0 Å². The number of aliphatic hydroxyl groups is 1. The third kappa shape index (κ3) is 2.78. The third-order valence-corrected chi connectivity index (χ3v) is 5.01. The van der Waals surface area contributed by atoms with Crippen molar-refractivity contribution in [1.82, 2.24) is 4.90 Å². The van der Waals surface area contributed by atoms with E-state index in [-0.39, 0.29) is 24.5 Å². The van der Waals surface area contributed by atoms with E-state index < -0.39 is 5.54 Å². The highest BCUT2D eigenvalue weighted by Crippen LogP contribution is 2.47. The number of ether oxygens (including phenoxy) is 1. The van der Waals surface area contributed by atoms with E-state index >= 15 is 0 Å². The van der Waals surface area contributed by atoms with E-state index in [4.69, 9.17) is 27.9 Å². The van der Waals surface area contributed by atoms with Crippen molar-refractivity contribution in [2.45, 2.75) is 24.9 Å². The molecule has 0 bridgehead atoms. The molecule has 0 unspecified atom stereocenters. The van der Waals surface area contributed by atoms with Crippen molar-refractivity contribution < 1.29 is 14.6 Å². The van der Waals surface area contributed by atoms with E-state index in [9.17, 15) is 9.90 Å². The number of hydrogen-bond donors (Lipinski definition) is 1.